The van der Waals surface area contributed by atoms with E-state index in [2.05, 4.69) is 11.0 Å². The summed E-state index contributed by atoms with van der Waals surface area (Å²) in [7, 11) is 3.29. The number of likely N-dealkylation sites (tertiary alicyclic amines) is 1. The number of hydrogen-bond donors (Lipinski definition) is 1. The van der Waals surface area contributed by atoms with Crippen LogP contribution < -0.4 is 9.47 Å². The van der Waals surface area contributed by atoms with Crippen molar-refractivity contribution >= 4 is 0 Å². The Hall–Kier alpha value is -1.26. The fourth-order valence-electron chi connectivity index (χ4n) is 2.69. The van der Waals surface area contributed by atoms with E-state index in [9.17, 15) is 5.11 Å². The van der Waals surface area contributed by atoms with Crippen molar-refractivity contribution in [1.82, 2.24) is 4.90 Å². The monoisotopic (exact) mass is 265 g/mol. The molecule has 0 bridgehead atoms. The van der Waals surface area contributed by atoms with Crippen molar-refractivity contribution in [2.45, 2.75) is 31.8 Å². The lowest BCUT2D eigenvalue weighted by molar-refractivity contribution is 0.0840. The van der Waals surface area contributed by atoms with Crippen molar-refractivity contribution in [3.63, 3.8) is 0 Å². The van der Waals surface area contributed by atoms with Crippen molar-refractivity contribution in [1.29, 1.82) is 0 Å². The summed E-state index contributed by atoms with van der Waals surface area (Å²) in [6, 6.07) is 6.31. The number of hydrogen-bond acceptors (Lipinski definition) is 4. The summed E-state index contributed by atoms with van der Waals surface area (Å²) in [6.45, 7) is 2.15. The maximum Gasteiger partial charge on any atom is 0.161 e. The third kappa shape index (κ3) is 3.39. The van der Waals surface area contributed by atoms with Crippen LogP contribution in [0.2, 0.25) is 0 Å². The standard InChI is InChI=1S/C15H23NO3/c1-18-14-7-6-12(9-15(14)19-2)10-16-8-4-3-5-13(16)11-17/h6-7,9,13,17H,3-5,8,10-11H2,1-2H3/t13-/m1/s1. The molecule has 0 aromatic heterocycles. The second-order valence-corrected chi connectivity index (χ2v) is 4.99. The van der Waals surface area contributed by atoms with Gasteiger partial charge in [-0.05, 0) is 37.1 Å². The average molecular weight is 265 g/mol. The Bertz CT molecular complexity index is 408. The first kappa shape index (κ1) is 14.2. The minimum Gasteiger partial charge on any atom is -0.493 e. The van der Waals surface area contributed by atoms with Crippen molar-refractivity contribution in [3.05, 3.63) is 23.8 Å². The van der Waals surface area contributed by atoms with Gasteiger partial charge in [-0.25, -0.2) is 0 Å². The molecular weight excluding hydrogens is 242 g/mol. The second kappa shape index (κ2) is 6.78. The molecule has 1 atom stereocenters. The van der Waals surface area contributed by atoms with Gasteiger partial charge in [0.25, 0.3) is 0 Å². The Labute approximate surface area is 114 Å². The summed E-state index contributed by atoms with van der Waals surface area (Å²) in [5, 5.41) is 9.44. The summed E-state index contributed by atoms with van der Waals surface area (Å²) >= 11 is 0. The zero-order valence-electron chi connectivity index (χ0n) is 11.8. The molecule has 1 aliphatic rings. The van der Waals surface area contributed by atoms with E-state index >= 15 is 0 Å². The quantitative estimate of drug-likeness (QED) is 0.885. The molecule has 106 valence electrons. The lowest BCUT2D eigenvalue weighted by Crippen LogP contribution is -2.41. The van der Waals surface area contributed by atoms with Gasteiger partial charge >= 0.3 is 0 Å². The molecule has 1 aliphatic heterocycles. The highest BCUT2D eigenvalue weighted by Gasteiger charge is 2.21. The topological polar surface area (TPSA) is 41.9 Å². The van der Waals surface area contributed by atoms with Crippen LogP contribution in [-0.2, 0) is 6.54 Å². The zero-order valence-corrected chi connectivity index (χ0v) is 11.8. The first-order valence-electron chi connectivity index (χ1n) is 6.84. The molecule has 1 saturated heterocycles. The molecule has 1 fully saturated rings. The van der Waals surface area contributed by atoms with Crippen molar-refractivity contribution < 1.29 is 14.6 Å². The Balaban J connectivity index is 2.09. The molecule has 1 aromatic carbocycles. The van der Waals surface area contributed by atoms with E-state index in [1.807, 2.05) is 12.1 Å². The summed E-state index contributed by atoms with van der Waals surface area (Å²) in [5.74, 6) is 1.51. The maximum absolute atomic E-state index is 9.44. The highest BCUT2D eigenvalue weighted by atomic mass is 16.5. The fourth-order valence-corrected chi connectivity index (χ4v) is 2.69. The molecule has 0 radical (unpaired) electrons. The predicted molar refractivity (Wildman–Crippen MR) is 74.7 cm³/mol. The van der Waals surface area contributed by atoms with Gasteiger partial charge in [0.2, 0.25) is 0 Å². The fraction of sp³-hybridized carbons (Fsp3) is 0.600. The maximum atomic E-state index is 9.44. The minimum atomic E-state index is 0.243. The van der Waals surface area contributed by atoms with E-state index in [1.54, 1.807) is 14.2 Å². The van der Waals surface area contributed by atoms with Crippen LogP contribution in [0.4, 0.5) is 0 Å². The number of benzene rings is 1. The Morgan fingerprint density at radius 1 is 1.21 bits per heavy atom. The normalized spacial score (nSPS) is 20.3. The highest BCUT2D eigenvalue weighted by Crippen LogP contribution is 2.29. The van der Waals surface area contributed by atoms with Crippen LogP contribution in [-0.4, -0.2) is 43.4 Å². The van der Waals surface area contributed by atoms with Gasteiger partial charge in [0.1, 0.15) is 0 Å². The van der Waals surface area contributed by atoms with E-state index in [-0.39, 0.29) is 6.61 Å². The van der Waals surface area contributed by atoms with Crippen molar-refractivity contribution in [2.75, 3.05) is 27.4 Å². The summed E-state index contributed by atoms with van der Waals surface area (Å²) < 4.78 is 10.6. The molecule has 1 aromatic rings. The van der Waals surface area contributed by atoms with E-state index < -0.39 is 0 Å². The van der Waals surface area contributed by atoms with Gasteiger partial charge < -0.3 is 14.6 Å². The Morgan fingerprint density at radius 3 is 2.68 bits per heavy atom. The van der Waals surface area contributed by atoms with E-state index in [0.717, 1.165) is 31.0 Å². The molecule has 0 amide bonds. The number of nitrogens with zero attached hydrogens (tertiary/aromatic N) is 1. The molecule has 0 aliphatic carbocycles. The summed E-state index contributed by atoms with van der Waals surface area (Å²) in [5.41, 5.74) is 1.19. The van der Waals surface area contributed by atoms with Gasteiger partial charge in [0, 0.05) is 12.6 Å². The first-order valence-corrected chi connectivity index (χ1v) is 6.84. The van der Waals surface area contributed by atoms with Crippen LogP contribution >= 0.6 is 0 Å². The summed E-state index contributed by atoms with van der Waals surface area (Å²) in [4.78, 5) is 2.35. The van der Waals surface area contributed by atoms with Gasteiger partial charge in [0.15, 0.2) is 11.5 Å². The van der Waals surface area contributed by atoms with Crippen molar-refractivity contribution in [3.8, 4) is 11.5 Å². The van der Waals surface area contributed by atoms with Crippen LogP contribution in [0.3, 0.4) is 0 Å². The average Bonchev–Trinajstić information content (AvgIpc) is 2.47. The Morgan fingerprint density at radius 2 is 2.00 bits per heavy atom. The van der Waals surface area contributed by atoms with Gasteiger partial charge in [-0.3, -0.25) is 4.90 Å². The molecule has 19 heavy (non-hydrogen) atoms. The summed E-state index contributed by atoms with van der Waals surface area (Å²) in [6.07, 6.45) is 3.52. The van der Waals surface area contributed by atoms with Gasteiger partial charge in [0.05, 0.1) is 20.8 Å². The molecule has 4 heteroatoms. The highest BCUT2D eigenvalue weighted by molar-refractivity contribution is 5.42. The smallest absolute Gasteiger partial charge is 0.161 e. The zero-order chi connectivity index (χ0) is 13.7. The second-order valence-electron chi connectivity index (χ2n) is 4.99. The van der Waals surface area contributed by atoms with Gasteiger partial charge in [-0.1, -0.05) is 12.5 Å². The van der Waals surface area contributed by atoms with Crippen LogP contribution in [0, 0.1) is 0 Å². The first-order chi connectivity index (χ1) is 9.28. The lowest BCUT2D eigenvalue weighted by atomic mass is 10.0. The molecule has 0 saturated carbocycles. The third-order valence-corrected chi connectivity index (χ3v) is 3.79. The van der Waals surface area contributed by atoms with Gasteiger partial charge in [-0.2, -0.15) is 0 Å². The number of methoxy groups -OCH3 is 2. The lowest BCUT2D eigenvalue weighted by Gasteiger charge is -2.34. The van der Waals surface area contributed by atoms with Crippen LogP contribution in [0.1, 0.15) is 24.8 Å². The predicted octanol–water partition coefficient (Wildman–Crippen LogP) is 2.05. The van der Waals surface area contributed by atoms with E-state index in [4.69, 9.17) is 9.47 Å². The SMILES string of the molecule is COc1ccc(CN2CCCC[C@@H]2CO)cc1OC. The number of aliphatic hydroxyl groups excluding tert-OH is 1. The number of rotatable bonds is 5. The number of aliphatic hydroxyl groups is 1. The van der Waals surface area contributed by atoms with Crippen LogP contribution in [0.25, 0.3) is 0 Å². The minimum absolute atomic E-state index is 0.243. The van der Waals surface area contributed by atoms with Gasteiger partial charge in [-0.15, -0.1) is 0 Å². The van der Waals surface area contributed by atoms with Crippen molar-refractivity contribution in [2.24, 2.45) is 0 Å². The molecule has 2 rings (SSSR count). The number of piperidine rings is 1. The van der Waals surface area contributed by atoms with Crippen LogP contribution in [0.15, 0.2) is 18.2 Å². The molecule has 4 nitrogen and oxygen atoms in total. The molecule has 0 unspecified atom stereocenters. The van der Waals surface area contributed by atoms with E-state index in [0.29, 0.717) is 6.04 Å². The molecule has 1 heterocycles. The third-order valence-electron chi connectivity index (χ3n) is 3.79. The number of ether oxygens (including phenoxy) is 2. The van der Waals surface area contributed by atoms with E-state index in [1.165, 1.54) is 18.4 Å². The molecular formula is C15H23NO3. The molecule has 0 spiro atoms. The molecule has 1 N–H and O–H groups in total. The Kier molecular flexibility index (Phi) is 5.05. The van der Waals surface area contributed by atoms with Crippen LogP contribution in [0.5, 0.6) is 11.5 Å². The largest absolute Gasteiger partial charge is 0.493 e.